The summed E-state index contributed by atoms with van der Waals surface area (Å²) in [6, 6.07) is 7.63. The molecule has 0 amide bonds. The summed E-state index contributed by atoms with van der Waals surface area (Å²) in [7, 11) is 3.28. The van der Waals surface area contributed by atoms with Crippen LogP contribution in [0.3, 0.4) is 0 Å². The van der Waals surface area contributed by atoms with E-state index in [9.17, 15) is 0 Å². The number of rotatable bonds is 5. The number of aryl methyl sites for hydroxylation is 1. The summed E-state index contributed by atoms with van der Waals surface area (Å²) in [4.78, 5) is 4.28. The second-order valence-electron chi connectivity index (χ2n) is 4.47. The molecule has 0 saturated heterocycles. The maximum Gasteiger partial charge on any atom is 0.129 e. The third kappa shape index (κ3) is 3.12. The van der Waals surface area contributed by atoms with Crippen LogP contribution in [-0.4, -0.2) is 19.2 Å². The highest BCUT2D eigenvalue weighted by molar-refractivity contribution is 5.52. The van der Waals surface area contributed by atoms with E-state index in [0.717, 1.165) is 28.4 Å². The van der Waals surface area contributed by atoms with Crippen LogP contribution in [0, 0.1) is 6.92 Å². The molecule has 0 saturated carbocycles. The second-order valence-corrected chi connectivity index (χ2v) is 4.47. The van der Waals surface area contributed by atoms with E-state index in [1.165, 1.54) is 0 Å². The van der Waals surface area contributed by atoms with Crippen molar-refractivity contribution in [3.63, 3.8) is 0 Å². The summed E-state index contributed by atoms with van der Waals surface area (Å²) >= 11 is 0. The van der Waals surface area contributed by atoms with Crippen molar-refractivity contribution in [3.05, 3.63) is 41.6 Å². The van der Waals surface area contributed by atoms with Gasteiger partial charge >= 0.3 is 0 Å². The van der Waals surface area contributed by atoms with Crippen molar-refractivity contribution in [2.24, 2.45) is 0 Å². The fourth-order valence-electron chi connectivity index (χ4n) is 1.96. The Balaban J connectivity index is 2.14. The van der Waals surface area contributed by atoms with Crippen molar-refractivity contribution in [2.75, 3.05) is 25.3 Å². The lowest BCUT2D eigenvalue weighted by molar-refractivity contribution is 0.391. The number of ether oxygens (including phenoxy) is 2. The Kier molecular flexibility index (Phi) is 4.30. The fourth-order valence-corrected chi connectivity index (χ4v) is 1.96. The van der Waals surface area contributed by atoms with Gasteiger partial charge in [0.25, 0.3) is 0 Å². The zero-order chi connectivity index (χ0) is 14.5. The molecule has 5 heteroatoms. The number of aromatic nitrogens is 1. The van der Waals surface area contributed by atoms with Gasteiger partial charge in [-0.05, 0) is 30.7 Å². The average Bonchev–Trinajstić information content (AvgIpc) is 2.46. The molecule has 0 atom stereocenters. The van der Waals surface area contributed by atoms with E-state index in [2.05, 4.69) is 10.3 Å². The molecule has 106 valence electrons. The van der Waals surface area contributed by atoms with Crippen molar-refractivity contribution >= 4 is 11.5 Å². The SMILES string of the molecule is COc1ccc(CNc2ncc(N)cc2C)c(OC)c1. The van der Waals surface area contributed by atoms with Gasteiger partial charge < -0.3 is 20.5 Å². The molecule has 0 bridgehead atoms. The Morgan fingerprint density at radius 2 is 2.00 bits per heavy atom. The van der Waals surface area contributed by atoms with E-state index in [4.69, 9.17) is 15.2 Å². The first-order valence-corrected chi connectivity index (χ1v) is 6.31. The van der Waals surface area contributed by atoms with Crippen LogP contribution in [-0.2, 0) is 6.54 Å². The first-order valence-electron chi connectivity index (χ1n) is 6.31. The Hall–Kier alpha value is -2.43. The second kappa shape index (κ2) is 6.14. The number of hydrogen-bond donors (Lipinski definition) is 2. The minimum atomic E-state index is 0.616. The quantitative estimate of drug-likeness (QED) is 0.876. The molecule has 1 aromatic carbocycles. The standard InChI is InChI=1S/C15H19N3O2/c1-10-6-12(16)9-18-15(10)17-8-11-4-5-13(19-2)7-14(11)20-3/h4-7,9H,8,16H2,1-3H3,(H,17,18). The highest BCUT2D eigenvalue weighted by Crippen LogP contribution is 2.25. The summed E-state index contributed by atoms with van der Waals surface area (Å²) in [5.41, 5.74) is 8.40. The number of hydrogen-bond acceptors (Lipinski definition) is 5. The smallest absolute Gasteiger partial charge is 0.129 e. The monoisotopic (exact) mass is 273 g/mol. The van der Waals surface area contributed by atoms with E-state index in [1.807, 2.05) is 31.2 Å². The molecule has 3 N–H and O–H groups in total. The van der Waals surface area contributed by atoms with E-state index >= 15 is 0 Å². The third-order valence-corrected chi connectivity index (χ3v) is 3.04. The number of methoxy groups -OCH3 is 2. The van der Waals surface area contributed by atoms with Crippen LogP contribution in [0.15, 0.2) is 30.5 Å². The highest BCUT2D eigenvalue weighted by atomic mass is 16.5. The third-order valence-electron chi connectivity index (χ3n) is 3.04. The van der Waals surface area contributed by atoms with Crippen molar-refractivity contribution in [1.29, 1.82) is 0 Å². The Bertz CT molecular complexity index is 600. The number of benzene rings is 1. The Morgan fingerprint density at radius 1 is 1.20 bits per heavy atom. The molecule has 0 fully saturated rings. The van der Waals surface area contributed by atoms with Gasteiger partial charge in [0, 0.05) is 18.2 Å². The number of nitrogens with one attached hydrogen (secondary N) is 1. The summed E-state index contributed by atoms with van der Waals surface area (Å²) in [6.45, 7) is 2.59. The van der Waals surface area contributed by atoms with Gasteiger partial charge in [-0.3, -0.25) is 0 Å². The summed E-state index contributed by atoms with van der Waals surface area (Å²) < 4.78 is 10.5. The molecule has 2 aromatic rings. The minimum absolute atomic E-state index is 0.616. The van der Waals surface area contributed by atoms with Crippen LogP contribution < -0.4 is 20.5 Å². The highest BCUT2D eigenvalue weighted by Gasteiger charge is 2.06. The lowest BCUT2D eigenvalue weighted by Crippen LogP contribution is -2.05. The van der Waals surface area contributed by atoms with Gasteiger partial charge in [0.1, 0.15) is 17.3 Å². The largest absolute Gasteiger partial charge is 0.497 e. The molecule has 20 heavy (non-hydrogen) atoms. The number of nitrogen functional groups attached to an aromatic ring is 1. The van der Waals surface area contributed by atoms with Crippen LogP contribution in [0.2, 0.25) is 0 Å². The van der Waals surface area contributed by atoms with Crippen LogP contribution >= 0.6 is 0 Å². The Morgan fingerprint density at radius 3 is 2.65 bits per heavy atom. The molecule has 0 unspecified atom stereocenters. The molecule has 0 aliphatic rings. The summed E-state index contributed by atoms with van der Waals surface area (Å²) in [6.07, 6.45) is 1.64. The maximum absolute atomic E-state index is 5.69. The van der Waals surface area contributed by atoms with Crippen molar-refractivity contribution in [2.45, 2.75) is 13.5 Å². The predicted molar refractivity (Wildman–Crippen MR) is 80.3 cm³/mol. The predicted octanol–water partition coefficient (Wildman–Crippen LogP) is 2.60. The molecule has 0 aliphatic carbocycles. The first kappa shape index (κ1) is 14.0. The van der Waals surface area contributed by atoms with E-state index < -0.39 is 0 Å². The summed E-state index contributed by atoms with van der Waals surface area (Å²) in [5.74, 6) is 2.37. The van der Waals surface area contributed by atoms with Crippen molar-refractivity contribution < 1.29 is 9.47 Å². The van der Waals surface area contributed by atoms with Gasteiger partial charge in [-0.2, -0.15) is 0 Å². The minimum Gasteiger partial charge on any atom is -0.497 e. The molecular formula is C15H19N3O2. The van der Waals surface area contributed by atoms with Crippen molar-refractivity contribution in [3.8, 4) is 11.5 Å². The number of anilines is 2. The fraction of sp³-hybridized carbons (Fsp3) is 0.267. The summed E-state index contributed by atoms with van der Waals surface area (Å²) in [5, 5.41) is 3.28. The molecule has 0 aliphatic heterocycles. The first-order chi connectivity index (χ1) is 9.63. The topological polar surface area (TPSA) is 69.4 Å². The van der Waals surface area contributed by atoms with Gasteiger partial charge in [-0.1, -0.05) is 0 Å². The van der Waals surface area contributed by atoms with E-state index in [1.54, 1.807) is 20.4 Å². The maximum atomic E-state index is 5.69. The van der Waals surface area contributed by atoms with Crippen LogP contribution in [0.1, 0.15) is 11.1 Å². The molecule has 0 spiro atoms. The van der Waals surface area contributed by atoms with Gasteiger partial charge in [-0.15, -0.1) is 0 Å². The Labute approximate surface area is 118 Å². The molecule has 1 heterocycles. The molecule has 1 aromatic heterocycles. The normalized spacial score (nSPS) is 10.2. The zero-order valence-corrected chi connectivity index (χ0v) is 11.9. The number of nitrogens with zero attached hydrogens (tertiary/aromatic N) is 1. The van der Waals surface area contributed by atoms with Crippen LogP contribution in [0.4, 0.5) is 11.5 Å². The number of nitrogens with two attached hydrogens (primary N) is 1. The van der Waals surface area contributed by atoms with Gasteiger partial charge in [0.05, 0.1) is 26.1 Å². The van der Waals surface area contributed by atoms with Crippen LogP contribution in [0.5, 0.6) is 11.5 Å². The van der Waals surface area contributed by atoms with Gasteiger partial charge in [0.2, 0.25) is 0 Å². The van der Waals surface area contributed by atoms with Gasteiger partial charge in [-0.25, -0.2) is 4.98 Å². The zero-order valence-electron chi connectivity index (χ0n) is 11.9. The molecule has 0 radical (unpaired) electrons. The van der Waals surface area contributed by atoms with E-state index in [-0.39, 0.29) is 0 Å². The number of pyridine rings is 1. The van der Waals surface area contributed by atoms with Crippen molar-refractivity contribution in [1.82, 2.24) is 4.98 Å². The average molecular weight is 273 g/mol. The molecular weight excluding hydrogens is 254 g/mol. The molecule has 2 rings (SSSR count). The lowest BCUT2D eigenvalue weighted by Gasteiger charge is -2.13. The van der Waals surface area contributed by atoms with Crippen LogP contribution in [0.25, 0.3) is 0 Å². The lowest BCUT2D eigenvalue weighted by atomic mass is 10.2. The molecule has 5 nitrogen and oxygen atoms in total. The van der Waals surface area contributed by atoms with Gasteiger partial charge in [0.15, 0.2) is 0 Å². The van der Waals surface area contributed by atoms with E-state index in [0.29, 0.717) is 12.2 Å².